The van der Waals surface area contributed by atoms with E-state index in [1.165, 1.54) is 5.56 Å². The topological polar surface area (TPSA) is 79.6 Å². The highest BCUT2D eigenvalue weighted by Gasteiger charge is 2.15. The zero-order valence-electron chi connectivity index (χ0n) is 17.3. The van der Waals surface area contributed by atoms with Gasteiger partial charge in [0.2, 0.25) is 0 Å². The number of aromatic nitrogens is 3. The van der Waals surface area contributed by atoms with Crippen LogP contribution in [0.5, 0.6) is 5.75 Å². The highest BCUT2D eigenvalue weighted by molar-refractivity contribution is 14.0. The van der Waals surface area contributed by atoms with Crippen LogP contribution in [-0.2, 0) is 13.0 Å². The van der Waals surface area contributed by atoms with Gasteiger partial charge in [0.1, 0.15) is 17.9 Å². The lowest BCUT2D eigenvalue weighted by atomic mass is 10.1. The number of nitrogens with one attached hydrogen (secondary N) is 2. The van der Waals surface area contributed by atoms with E-state index in [0.717, 1.165) is 43.6 Å². The smallest absolute Gasteiger partial charge is 0.191 e. The first kappa shape index (κ1) is 24.2. The van der Waals surface area contributed by atoms with Crippen molar-refractivity contribution in [1.29, 1.82) is 0 Å². The number of ether oxygens (including phenoxy) is 1. The number of aryl methyl sites for hydroxylation is 1. The van der Waals surface area contributed by atoms with Crippen LogP contribution in [0.4, 0.5) is 0 Å². The van der Waals surface area contributed by atoms with Gasteiger partial charge in [0, 0.05) is 33.1 Å². The molecule has 2 rings (SSSR count). The number of nitrogens with zero attached hydrogens (tertiary/aromatic N) is 5. The summed E-state index contributed by atoms with van der Waals surface area (Å²) in [6, 6.07) is 8.36. The number of guanidine groups is 1. The Balaban J connectivity index is 0.00000392. The summed E-state index contributed by atoms with van der Waals surface area (Å²) in [4.78, 5) is 6.50. The zero-order chi connectivity index (χ0) is 19.6. The maximum Gasteiger partial charge on any atom is 0.191 e. The van der Waals surface area contributed by atoms with Crippen molar-refractivity contribution < 1.29 is 4.74 Å². The second kappa shape index (κ2) is 12.6. The first-order valence-corrected chi connectivity index (χ1v) is 9.20. The third kappa shape index (κ3) is 6.93. The molecule has 0 amide bonds. The highest BCUT2D eigenvalue weighted by atomic mass is 127. The van der Waals surface area contributed by atoms with Gasteiger partial charge >= 0.3 is 0 Å². The minimum absolute atomic E-state index is 0. The van der Waals surface area contributed by atoms with Gasteiger partial charge in [0.15, 0.2) is 5.96 Å². The monoisotopic (exact) mass is 501 g/mol. The van der Waals surface area contributed by atoms with E-state index in [4.69, 9.17) is 4.74 Å². The molecule has 0 spiro atoms. The van der Waals surface area contributed by atoms with Crippen molar-refractivity contribution in [1.82, 2.24) is 30.3 Å². The summed E-state index contributed by atoms with van der Waals surface area (Å²) in [6.45, 7) is 4.35. The van der Waals surface area contributed by atoms with Crippen LogP contribution in [0.1, 0.15) is 24.4 Å². The molecule has 0 saturated carbocycles. The molecule has 0 bridgehead atoms. The van der Waals surface area contributed by atoms with E-state index in [1.54, 1.807) is 20.5 Å². The second-order valence-electron chi connectivity index (χ2n) is 6.43. The van der Waals surface area contributed by atoms with Crippen molar-refractivity contribution in [3.8, 4) is 5.75 Å². The first-order valence-electron chi connectivity index (χ1n) is 9.20. The van der Waals surface area contributed by atoms with Crippen molar-refractivity contribution in [2.75, 3.05) is 41.3 Å². The molecule has 0 radical (unpaired) electrons. The Kier molecular flexibility index (Phi) is 10.8. The summed E-state index contributed by atoms with van der Waals surface area (Å²) in [7, 11) is 7.61. The van der Waals surface area contributed by atoms with Gasteiger partial charge in [-0.1, -0.05) is 19.1 Å². The molecule has 0 saturated heterocycles. The van der Waals surface area contributed by atoms with Crippen LogP contribution < -0.4 is 15.4 Å². The summed E-state index contributed by atoms with van der Waals surface area (Å²) < 4.78 is 7.41. The maximum atomic E-state index is 5.35. The van der Waals surface area contributed by atoms with Crippen molar-refractivity contribution in [3.63, 3.8) is 0 Å². The van der Waals surface area contributed by atoms with Gasteiger partial charge in [-0.2, -0.15) is 0 Å². The van der Waals surface area contributed by atoms with E-state index >= 15 is 0 Å². The second-order valence-corrected chi connectivity index (χ2v) is 6.43. The SMILES string of the molecule is CCc1nncn1CCNC(=NC)NCC(c1cccc(OC)c1)N(C)C.I. The summed E-state index contributed by atoms with van der Waals surface area (Å²) in [5.74, 6) is 2.63. The first-order chi connectivity index (χ1) is 13.1. The van der Waals surface area contributed by atoms with Crippen LogP contribution in [0.3, 0.4) is 0 Å². The number of benzene rings is 1. The van der Waals surface area contributed by atoms with Gasteiger partial charge in [0.25, 0.3) is 0 Å². The highest BCUT2D eigenvalue weighted by Crippen LogP contribution is 2.21. The molecule has 1 atom stereocenters. The van der Waals surface area contributed by atoms with Crippen molar-refractivity contribution >= 4 is 29.9 Å². The Bertz CT molecular complexity index is 733. The van der Waals surface area contributed by atoms with Crippen LogP contribution in [0, 0.1) is 0 Å². The van der Waals surface area contributed by atoms with Gasteiger partial charge < -0.3 is 24.8 Å². The van der Waals surface area contributed by atoms with E-state index in [2.05, 4.69) is 68.4 Å². The molecule has 1 aromatic carbocycles. The Morgan fingerprint density at radius 1 is 1.32 bits per heavy atom. The number of halogens is 1. The van der Waals surface area contributed by atoms with Crippen molar-refractivity contribution in [2.45, 2.75) is 25.9 Å². The molecule has 2 aromatic rings. The fourth-order valence-electron chi connectivity index (χ4n) is 2.90. The van der Waals surface area contributed by atoms with Gasteiger partial charge in [-0.05, 0) is 31.8 Å². The molecule has 9 heteroatoms. The normalized spacial score (nSPS) is 12.4. The number of rotatable bonds is 9. The summed E-state index contributed by atoms with van der Waals surface area (Å²) >= 11 is 0. The predicted octanol–water partition coefficient (Wildman–Crippen LogP) is 1.94. The molecule has 1 heterocycles. The van der Waals surface area contributed by atoms with Crippen LogP contribution >= 0.6 is 24.0 Å². The molecule has 8 nitrogen and oxygen atoms in total. The summed E-state index contributed by atoms with van der Waals surface area (Å²) in [5, 5.41) is 14.8. The fourth-order valence-corrected chi connectivity index (χ4v) is 2.90. The van der Waals surface area contributed by atoms with Crippen molar-refractivity contribution in [2.24, 2.45) is 4.99 Å². The van der Waals surface area contributed by atoms with Crippen molar-refractivity contribution in [3.05, 3.63) is 42.0 Å². The molecule has 2 N–H and O–H groups in total. The Morgan fingerprint density at radius 2 is 2.11 bits per heavy atom. The van der Waals surface area contributed by atoms with E-state index in [1.807, 2.05) is 12.1 Å². The molecule has 1 aromatic heterocycles. The van der Waals surface area contributed by atoms with E-state index < -0.39 is 0 Å². The number of hydrogen-bond acceptors (Lipinski definition) is 5. The largest absolute Gasteiger partial charge is 0.497 e. The van der Waals surface area contributed by atoms with E-state index in [-0.39, 0.29) is 30.0 Å². The van der Waals surface area contributed by atoms with Gasteiger partial charge in [-0.25, -0.2) is 0 Å². The van der Waals surface area contributed by atoms with Gasteiger partial charge in [-0.15, -0.1) is 34.2 Å². The quantitative estimate of drug-likeness (QED) is 0.311. The lowest BCUT2D eigenvalue weighted by Crippen LogP contribution is -2.42. The Labute approximate surface area is 184 Å². The van der Waals surface area contributed by atoms with Crippen LogP contribution in [0.2, 0.25) is 0 Å². The third-order valence-electron chi connectivity index (χ3n) is 4.45. The third-order valence-corrected chi connectivity index (χ3v) is 4.45. The van der Waals surface area contributed by atoms with Crippen LogP contribution in [0.15, 0.2) is 35.6 Å². The van der Waals surface area contributed by atoms with Crippen LogP contribution in [0.25, 0.3) is 0 Å². The van der Waals surface area contributed by atoms with Gasteiger partial charge in [0.05, 0.1) is 13.2 Å². The molecular formula is C19H32IN7O. The Morgan fingerprint density at radius 3 is 2.75 bits per heavy atom. The minimum Gasteiger partial charge on any atom is -0.497 e. The molecule has 1 unspecified atom stereocenters. The molecule has 156 valence electrons. The van der Waals surface area contributed by atoms with Crippen LogP contribution in [-0.4, -0.2) is 67.0 Å². The maximum absolute atomic E-state index is 5.35. The molecular weight excluding hydrogens is 469 g/mol. The van der Waals surface area contributed by atoms with Gasteiger partial charge in [-0.3, -0.25) is 4.99 Å². The lowest BCUT2D eigenvalue weighted by molar-refractivity contribution is 0.297. The zero-order valence-corrected chi connectivity index (χ0v) is 19.7. The number of hydrogen-bond donors (Lipinski definition) is 2. The molecule has 0 aliphatic rings. The Hall–Kier alpha value is -1.88. The predicted molar refractivity (Wildman–Crippen MR) is 124 cm³/mol. The molecule has 0 fully saturated rings. The fraction of sp³-hybridized carbons (Fsp3) is 0.526. The molecule has 28 heavy (non-hydrogen) atoms. The molecule has 0 aliphatic heterocycles. The summed E-state index contributed by atoms with van der Waals surface area (Å²) in [5.41, 5.74) is 1.19. The number of aliphatic imine (C=N–C) groups is 1. The van der Waals surface area contributed by atoms with E-state index in [0.29, 0.717) is 0 Å². The number of likely N-dealkylation sites (N-methyl/N-ethyl adjacent to an activating group) is 1. The average molecular weight is 501 g/mol. The number of methoxy groups -OCH3 is 1. The minimum atomic E-state index is 0. The van der Waals surface area contributed by atoms with E-state index in [9.17, 15) is 0 Å². The lowest BCUT2D eigenvalue weighted by Gasteiger charge is -2.26. The summed E-state index contributed by atoms with van der Waals surface area (Å²) in [6.07, 6.45) is 2.64. The molecule has 0 aliphatic carbocycles. The standard InChI is InChI=1S/C19H31N7O.HI/c1-6-18-24-23-14-26(18)11-10-21-19(20-2)22-13-17(25(3)4)15-8-7-9-16(12-15)27-5;/h7-9,12,14,17H,6,10-11,13H2,1-5H3,(H2,20,21,22);1H. The average Bonchev–Trinajstić information content (AvgIpc) is 3.14.